The maximum Gasteiger partial charge on any atom is 0.295 e. The van der Waals surface area contributed by atoms with Crippen molar-refractivity contribution in [2.24, 2.45) is 0 Å². The van der Waals surface area contributed by atoms with Gasteiger partial charge in [-0.15, -0.1) is 11.3 Å². The molecule has 110 valence electrons. The summed E-state index contributed by atoms with van der Waals surface area (Å²) in [6.45, 7) is 2.64. The van der Waals surface area contributed by atoms with Crippen LogP contribution in [0.25, 0.3) is 0 Å². The zero-order valence-electron chi connectivity index (χ0n) is 11.5. The summed E-state index contributed by atoms with van der Waals surface area (Å²) >= 11 is 1.26. The van der Waals surface area contributed by atoms with Crippen LogP contribution in [0.4, 0.5) is 5.13 Å². The maximum absolute atomic E-state index is 11.8. The molecule has 2 aromatic heterocycles. The van der Waals surface area contributed by atoms with Gasteiger partial charge < -0.3 is 5.32 Å². The van der Waals surface area contributed by atoms with E-state index in [1.807, 2.05) is 6.92 Å². The molecule has 0 aliphatic heterocycles. The van der Waals surface area contributed by atoms with Crippen molar-refractivity contribution in [1.29, 1.82) is 0 Å². The van der Waals surface area contributed by atoms with E-state index < -0.39 is 5.91 Å². The van der Waals surface area contributed by atoms with Gasteiger partial charge in [-0.3, -0.25) is 14.9 Å². The van der Waals surface area contributed by atoms with Crippen LogP contribution in [0.5, 0.6) is 0 Å². The Bertz CT molecular complexity index is 614. The molecule has 0 aromatic carbocycles. The number of hydrogen-bond acceptors (Lipinski definition) is 6. The van der Waals surface area contributed by atoms with E-state index in [0.717, 1.165) is 6.42 Å². The van der Waals surface area contributed by atoms with Crippen molar-refractivity contribution in [1.82, 2.24) is 20.3 Å². The number of hydrogen-bond donors (Lipinski definition) is 2. The Morgan fingerprint density at radius 3 is 2.76 bits per heavy atom. The van der Waals surface area contributed by atoms with Crippen molar-refractivity contribution in [3.05, 3.63) is 35.4 Å². The van der Waals surface area contributed by atoms with E-state index in [1.54, 1.807) is 11.4 Å². The smallest absolute Gasteiger partial charge is 0.295 e. The predicted molar refractivity (Wildman–Crippen MR) is 79.1 cm³/mol. The summed E-state index contributed by atoms with van der Waals surface area (Å²) in [5, 5.41) is 7.55. The topological polar surface area (TPSA) is 96.9 Å². The summed E-state index contributed by atoms with van der Waals surface area (Å²) in [7, 11) is 0. The van der Waals surface area contributed by atoms with Gasteiger partial charge in [-0.1, -0.05) is 6.92 Å². The van der Waals surface area contributed by atoms with Gasteiger partial charge in [-0.05, 0) is 12.5 Å². The second-order valence-electron chi connectivity index (χ2n) is 4.20. The minimum atomic E-state index is -0.424. The van der Waals surface area contributed by atoms with E-state index >= 15 is 0 Å². The van der Waals surface area contributed by atoms with Gasteiger partial charge in [0.2, 0.25) is 11.7 Å². The van der Waals surface area contributed by atoms with Gasteiger partial charge >= 0.3 is 0 Å². The third-order valence-corrected chi connectivity index (χ3v) is 3.26. The Hall–Kier alpha value is -2.35. The van der Waals surface area contributed by atoms with Gasteiger partial charge in [-0.2, -0.15) is 0 Å². The number of aromatic nitrogens is 3. The van der Waals surface area contributed by atoms with Gasteiger partial charge in [-0.25, -0.2) is 15.0 Å². The van der Waals surface area contributed by atoms with Crippen LogP contribution < -0.4 is 10.6 Å². The molecule has 0 unspecified atom stereocenters. The molecule has 0 saturated carbocycles. The number of thiazole rings is 1. The molecule has 2 aromatic rings. The Balaban J connectivity index is 1.91. The van der Waals surface area contributed by atoms with E-state index in [0.29, 0.717) is 17.4 Å². The highest BCUT2D eigenvalue weighted by atomic mass is 32.1. The molecule has 7 nitrogen and oxygen atoms in total. The molecule has 0 saturated heterocycles. The quantitative estimate of drug-likeness (QED) is 0.837. The lowest BCUT2D eigenvalue weighted by Crippen LogP contribution is -2.25. The molecule has 0 fully saturated rings. The summed E-state index contributed by atoms with van der Waals surface area (Å²) in [6.07, 6.45) is 4.08. The number of amides is 2. The highest BCUT2D eigenvalue weighted by Gasteiger charge is 2.12. The van der Waals surface area contributed by atoms with Gasteiger partial charge in [0.25, 0.3) is 5.91 Å². The number of anilines is 1. The van der Waals surface area contributed by atoms with E-state index in [1.165, 1.54) is 23.7 Å². The van der Waals surface area contributed by atoms with Crippen molar-refractivity contribution in [3.8, 4) is 0 Å². The first kappa shape index (κ1) is 15.0. The lowest BCUT2D eigenvalue weighted by molar-refractivity contribution is -0.120. The van der Waals surface area contributed by atoms with Crippen LogP contribution >= 0.6 is 11.3 Å². The minimum absolute atomic E-state index is 0.0774. The molecule has 8 heteroatoms. The summed E-state index contributed by atoms with van der Waals surface area (Å²) in [5.41, 5.74) is 0.623. The van der Waals surface area contributed by atoms with Crippen molar-refractivity contribution in [3.63, 3.8) is 0 Å². The normalized spacial score (nSPS) is 10.1. The molecule has 2 rings (SSSR count). The van der Waals surface area contributed by atoms with Crippen molar-refractivity contribution < 1.29 is 9.59 Å². The monoisotopic (exact) mass is 305 g/mol. The molecule has 0 aliphatic carbocycles. The molecular weight excluding hydrogens is 290 g/mol. The number of nitrogens with one attached hydrogen (secondary N) is 2. The molecule has 21 heavy (non-hydrogen) atoms. The zero-order chi connectivity index (χ0) is 15.1. The maximum atomic E-state index is 11.8. The summed E-state index contributed by atoms with van der Waals surface area (Å²) in [5.74, 6) is -0.423. The van der Waals surface area contributed by atoms with Crippen molar-refractivity contribution in [2.45, 2.75) is 19.8 Å². The van der Waals surface area contributed by atoms with Gasteiger partial charge in [0.15, 0.2) is 5.13 Å². The van der Waals surface area contributed by atoms with Crippen LogP contribution in [0, 0.1) is 0 Å². The molecule has 0 spiro atoms. The second-order valence-corrected chi connectivity index (χ2v) is 5.06. The first-order valence-corrected chi connectivity index (χ1v) is 7.36. The van der Waals surface area contributed by atoms with Crippen molar-refractivity contribution in [2.75, 3.05) is 11.9 Å². The Kier molecular flexibility index (Phi) is 5.33. The largest absolute Gasteiger partial charge is 0.356 e. The molecule has 2 N–H and O–H groups in total. The molecule has 2 amide bonds. The van der Waals surface area contributed by atoms with Crippen molar-refractivity contribution >= 4 is 28.3 Å². The minimum Gasteiger partial charge on any atom is -0.356 e. The number of carbonyl (C=O) groups is 2. The van der Waals surface area contributed by atoms with Crippen LogP contribution in [-0.4, -0.2) is 33.3 Å². The fraction of sp³-hybridized carbons (Fsp3) is 0.308. The average Bonchev–Trinajstić information content (AvgIpc) is 2.93. The van der Waals surface area contributed by atoms with Crippen LogP contribution in [0.1, 0.15) is 29.7 Å². The first-order valence-electron chi connectivity index (χ1n) is 6.48. The standard InChI is InChI=1S/C13H15N5O2S/c1-2-4-14-10(19)7-9-8-21-13(17-9)18-12(20)11-15-5-3-6-16-11/h3,5-6,8H,2,4,7H2,1H3,(H,14,19)(H,17,18,20). The molecular formula is C13H15N5O2S. The number of nitrogens with zero attached hydrogens (tertiary/aromatic N) is 3. The Morgan fingerprint density at radius 1 is 1.29 bits per heavy atom. The van der Waals surface area contributed by atoms with E-state index in [2.05, 4.69) is 25.6 Å². The van der Waals surface area contributed by atoms with Crippen LogP contribution in [-0.2, 0) is 11.2 Å². The first-order chi connectivity index (χ1) is 10.2. The zero-order valence-corrected chi connectivity index (χ0v) is 12.3. The summed E-state index contributed by atoms with van der Waals surface area (Å²) < 4.78 is 0. The fourth-order valence-electron chi connectivity index (χ4n) is 1.51. The average molecular weight is 305 g/mol. The lowest BCUT2D eigenvalue weighted by Gasteiger charge is -2.01. The van der Waals surface area contributed by atoms with E-state index in [4.69, 9.17) is 0 Å². The number of carbonyl (C=O) groups excluding carboxylic acids is 2. The highest BCUT2D eigenvalue weighted by Crippen LogP contribution is 2.16. The highest BCUT2D eigenvalue weighted by molar-refractivity contribution is 7.14. The third-order valence-electron chi connectivity index (χ3n) is 2.45. The molecule has 0 aliphatic rings. The van der Waals surface area contributed by atoms with E-state index in [9.17, 15) is 9.59 Å². The molecule has 0 bridgehead atoms. The Morgan fingerprint density at radius 2 is 2.05 bits per heavy atom. The molecule has 2 heterocycles. The van der Waals surface area contributed by atoms with E-state index in [-0.39, 0.29) is 18.2 Å². The lowest BCUT2D eigenvalue weighted by atomic mass is 10.3. The van der Waals surface area contributed by atoms with Gasteiger partial charge in [0.05, 0.1) is 12.1 Å². The van der Waals surface area contributed by atoms with Crippen LogP contribution in [0.2, 0.25) is 0 Å². The third kappa shape index (κ3) is 4.60. The summed E-state index contributed by atoms with van der Waals surface area (Å²) in [4.78, 5) is 35.3. The fourth-order valence-corrected chi connectivity index (χ4v) is 2.21. The molecule has 0 atom stereocenters. The summed E-state index contributed by atoms with van der Waals surface area (Å²) in [6, 6.07) is 1.63. The van der Waals surface area contributed by atoms with Gasteiger partial charge in [0.1, 0.15) is 0 Å². The van der Waals surface area contributed by atoms with Gasteiger partial charge in [0, 0.05) is 24.3 Å². The Labute approximate surface area is 125 Å². The SMILES string of the molecule is CCCNC(=O)Cc1csc(NC(=O)c2ncccn2)n1. The van der Waals surface area contributed by atoms with Crippen LogP contribution in [0.3, 0.4) is 0 Å². The second kappa shape index (κ2) is 7.44. The molecule has 0 radical (unpaired) electrons. The number of rotatable bonds is 6. The van der Waals surface area contributed by atoms with Crippen LogP contribution in [0.15, 0.2) is 23.8 Å². The predicted octanol–water partition coefficient (Wildman–Crippen LogP) is 1.25.